The molecule has 88 valence electrons. The second kappa shape index (κ2) is 4.97. The molecule has 4 nitrogen and oxygen atoms in total. The minimum atomic E-state index is -0.295. The molecule has 2 atom stereocenters. The number of hydrogen-bond acceptors (Lipinski definition) is 4. The summed E-state index contributed by atoms with van der Waals surface area (Å²) in [5, 5.41) is 10.4. The van der Waals surface area contributed by atoms with E-state index in [9.17, 15) is 5.11 Å². The largest absolute Gasteiger partial charge is 0.391 e. The van der Waals surface area contributed by atoms with E-state index in [4.69, 9.17) is 11.6 Å². The quantitative estimate of drug-likeness (QED) is 0.859. The molecule has 2 unspecified atom stereocenters. The van der Waals surface area contributed by atoms with Crippen molar-refractivity contribution in [3.05, 3.63) is 17.5 Å². The van der Waals surface area contributed by atoms with Crippen molar-refractivity contribution in [2.45, 2.75) is 37.8 Å². The second-order valence-electron chi connectivity index (χ2n) is 4.20. The Balaban J connectivity index is 2.17. The molecule has 1 heterocycles. The third-order valence-electron chi connectivity index (χ3n) is 3.16. The lowest BCUT2D eigenvalue weighted by molar-refractivity contribution is 0.106. The monoisotopic (exact) mass is 241 g/mol. The van der Waals surface area contributed by atoms with Crippen LogP contribution in [0.4, 0.5) is 5.82 Å². The summed E-state index contributed by atoms with van der Waals surface area (Å²) in [7, 11) is 1.91. The molecular formula is C11H16ClN3O. The Labute approximate surface area is 100 Å². The van der Waals surface area contributed by atoms with E-state index in [0.717, 1.165) is 25.7 Å². The SMILES string of the molecule is CN(c1nccnc1Cl)C1CCCCC1O. The average molecular weight is 242 g/mol. The number of aromatic nitrogens is 2. The van der Waals surface area contributed by atoms with Crippen molar-refractivity contribution in [3.8, 4) is 0 Å². The molecule has 1 aromatic heterocycles. The molecule has 1 aliphatic rings. The van der Waals surface area contributed by atoms with Crippen molar-refractivity contribution >= 4 is 17.4 Å². The number of halogens is 1. The zero-order valence-corrected chi connectivity index (χ0v) is 10.1. The molecule has 16 heavy (non-hydrogen) atoms. The van der Waals surface area contributed by atoms with Gasteiger partial charge in [0, 0.05) is 19.4 Å². The van der Waals surface area contributed by atoms with Crippen molar-refractivity contribution in [2.75, 3.05) is 11.9 Å². The van der Waals surface area contributed by atoms with Crippen LogP contribution >= 0.6 is 11.6 Å². The second-order valence-corrected chi connectivity index (χ2v) is 4.56. The Morgan fingerprint density at radius 2 is 2.00 bits per heavy atom. The zero-order valence-electron chi connectivity index (χ0n) is 9.30. The number of rotatable bonds is 2. The Hall–Kier alpha value is -0.870. The van der Waals surface area contributed by atoms with E-state index >= 15 is 0 Å². The van der Waals surface area contributed by atoms with Gasteiger partial charge < -0.3 is 10.0 Å². The smallest absolute Gasteiger partial charge is 0.171 e. The van der Waals surface area contributed by atoms with Gasteiger partial charge in [-0.1, -0.05) is 24.4 Å². The molecule has 0 aromatic carbocycles. The summed E-state index contributed by atoms with van der Waals surface area (Å²) in [4.78, 5) is 10.2. The molecule has 1 fully saturated rings. The maximum Gasteiger partial charge on any atom is 0.171 e. The number of nitrogens with zero attached hydrogens (tertiary/aromatic N) is 3. The highest BCUT2D eigenvalue weighted by molar-refractivity contribution is 6.31. The number of likely N-dealkylation sites (N-methyl/N-ethyl adjacent to an activating group) is 1. The highest BCUT2D eigenvalue weighted by Crippen LogP contribution is 2.28. The first-order valence-corrected chi connectivity index (χ1v) is 5.95. The van der Waals surface area contributed by atoms with Crippen LogP contribution in [0.2, 0.25) is 5.15 Å². The average Bonchev–Trinajstić information content (AvgIpc) is 2.29. The van der Waals surface area contributed by atoms with Crippen LogP contribution in [0.25, 0.3) is 0 Å². The summed E-state index contributed by atoms with van der Waals surface area (Å²) in [5.74, 6) is 0.648. The van der Waals surface area contributed by atoms with Crippen LogP contribution in [0.3, 0.4) is 0 Å². The third kappa shape index (κ3) is 2.28. The van der Waals surface area contributed by atoms with Crippen LogP contribution in [0.15, 0.2) is 12.4 Å². The van der Waals surface area contributed by atoms with Gasteiger partial charge in [0.2, 0.25) is 0 Å². The van der Waals surface area contributed by atoms with Gasteiger partial charge in [-0.25, -0.2) is 9.97 Å². The van der Waals surface area contributed by atoms with Crippen molar-refractivity contribution < 1.29 is 5.11 Å². The Morgan fingerprint density at radius 1 is 1.31 bits per heavy atom. The lowest BCUT2D eigenvalue weighted by Crippen LogP contribution is -2.44. The van der Waals surface area contributed by atoms with E-state index in [2.05, 4.69) is 9.97 Å². The normalized spacial score (nSPS) is 25.4. The van der Waals surface area contributed by atoms with Crippen LogP contribution in [0.1, 0.15) is 25.7 Å². The fourth-order valence-electron chi connectivity index (χ4n) is 2.25. The van der Waals surface area contributed by atoms with Gasteiger partial charge >= 0.3 is 0 Å². The van der Waals surface area contributed by atoms with Gasteiger partial charge in [-0.05, 0) is 12.8 Å². The van der Waals surface area contributed by atoms with Crippen LogP contribution < -0.4 is 4.90 Å². The maximum absolute atomic E-state index is 9.96. The summed E-state index contributed by atoms with van der Waals surface area (Å²) in [6.45, 7) is 0. The molecule has 0 saturated heterocycles. The molecule has 0 bridgehead atoms. The minimum absolute atomic E-state index is 0.1000. The summed E-state index contributed by atoms with van der Waals surface area (Å²) in [5.41, 5.74) is 0. The first kappa shape index (κ1) is 11.6. The van der Waals surface area contributed by atoms with Crippen LogP contribution in [0.5, 0.6) is 0 Å². The predicted octanol–water partition coefficient (Wildman–Crippen LogP) is 1.87. The van der Waals surface area contributed by atoms with Crippen molar-refractivity contribution in [1.29, 1.82) is 0 Å². The van der Waals surface area contributed by atoms with E-state index in [1.807, 2.05) is 11.9 Å². The van der Waals surface area contributed by atoms with E-state index in [1.165, 1.54) is 0 Å². The predicted molar refractivity (Wildman–Crippen MR) is 63.7 cm³/mol. The van der Waals surface area contributed by atoms with Crippen LogP contribution in [-0.4, -0.2) is 34.3 Å². The Morgan fingerprint density at radius 3 is 2.69 bits per heavy atom. The number of hydrogen-bond donors (Lipinski definition) is 1. The van der Waals surface area contributed by atoms with Crippen molar-refractivity contribution in [3.63, 3.8) is 0 Å². The van der Waals surface area contributed by atoms with Crippen LogP contribution in [0, 0.1) is 0 Å². The van der Waals surface area contributed by atoms with Gasteiger partial charge in [0.15, 0.2) is 11.0 Å². The molecule has 0 amide bonds. The molecule has 0 spiro atoms. The third-order valence-corrected chi connectivity index (χ3v) is 3.43. The van der Waals surface area contributed by atoms with Gasteiger partial charge in [-0.3, -0.25) is 0 Å². The fourth-order valence-corrected chi connectivity index (χ4v) is 2.49. The number of aliphatic hydroxyl groups excluding tert-OH is 1. The van der Waals surface area contributed by atoms with Gasteiger partial charge in [0.05, 0.1) is 12.1 Å². The fraction of sp³-hybridized carbons (Fsp3) is 0.636. The Bertz CT molecular complexity index is 361. The molecule has 1 N–H and O–H groups in total. The highest BCUT2D eigenvalue weighted by Gasteiger charge is 2.28. The molecule has 1 aliphatic carbocycles. The summed E-state index contributed by atoms with van der Waals surface area (Å²) >= 11 is 5.99. The first-order chi connectivity index (χ1) is 7.70. The highest BCUT2D eigenvalue weighted by atomic mass is 35.5. The summed E-state index contributed by atoms with van der Waals surface area (Å²) in [6, 6.07) is 0.1000. The maximum atomic E-state index is 9.96. The molecular weight excluding hydrogens is 226 g/mol. The van der Waals surface area contributed by atoms with E-state index in [0.29, 0.717) is 11.0 Å². The number of anilines is 1. The molecule has 1 aromatic rings. The Kier molecular flexibility index (Phi) is 3.61. The molecule has 2 rings (SSSR count). The van der Waals surface area contributed by atoms with E-state index in [-0.39, 0.29) is 12.1 Å². The van der Waals surface area contributed by atoms with E-state index < -0.39 is 0 Å². The molecule has 0 radical (unpaired) electrons. The van der Waals surface area contributed by atoms with Gasteiger partial charge in [0.25, 0.3) is 0 Å². The lowest BCUT2D eigenvalue weighted by atomic mass is 9.92. The molecule has 1 saturated carbocycles. The van der Waals surface area contributed by atoms with Crippen molar-refractivity contribution in [2.24, 2.45) is 0 Å². The van der Waals surface area contributed by atoms with Gasteiger partial charge in [-0.15, -0.1) is 0 Å². The molecule has 5 heteroatoms. The topological polar surface area (TPSA) is 49.2 Å². The van der Waals surface area contributed by atoms with Gasteiger partial charge in [0.1, 0.15) is 0 Å². The van der Waals surface area contributed by atoms with Crippen LogP contribution in [-0.2, 0) is 0 Å². The number of aliphatic hydroxyl groups is 1. The summed E-state index contributed by atoms with van der Waals surface area (Å²) < 4.78 is 0. The standard InChI is InChI=1S/C11H16ClN3O/c1-15(8-4-2-3-5-9(8)16)11-10(12)13-6-7-14-11/h6-9,16H,2-5H2,1H3. The summed E-state index contributed by atoms with van der Waals surface area (Å²) in [6.07, 6.45) is 6.96. The first-order valence-electron chi connectivity index (χ1n) is 5.57. The zero-order chi connectivity index (χ0) is 11.5. The van der Waals surface area contributed by atoms with Crippen molar-refractivity contribution in [1.82, 2.24) is 9.97 Å². The minimum Gasteiger partial charge on any atom is -0.391 e. The van der Waals surface area contributed by atoms with E-state index in [1.54, 1.807) is 12.4 Å². The molecule has 0 aliphatic heterocycles. The lowest BCUT2D eigenvalue weighted by Gasteiger charge is -2.35. The van der Waals surface area contributed by atoms with Gasteiger partial charge in [-0.2, -0.15) is 0 Å².